The number of urea groups is 1. The molecule has 2 amide bonds. The van der Waals surface area contributed by atoms with Crippen LogP contribution in [0.1, 0.15) is 38.1 Å². The first-order chi connectivity index (χ1) is 9.25. The number of amides is 2. The van der Waals surface area contributed by atoms with Crippen LogP contribution in [0.3, 0.4) is 0 Å². The highest BCUT2D eigenvalue weighted by molar-refractivity contribution is 7.10. The molecule has 0 saturated heterocycles. The lowest BCUT2D eigenvalue weighted by Crippen LogP contribution is -2.52. The third-order valence-electron chi connectivity index (χ3n) is 3.02. The first-order valence-electron chi connectivity index (χ1n) is 6.58. The van der Waals surface area contributed by atoms with Crippen molar-refractivity contribution in [2.75, 3.05) is 0 Å². The van der Waals surface area contributed by atoms with Gasteiger partial charge in [0.25, 0.3) is 0 Å². The molecule has 0 spiro atoms. The van der Waals surface area contributed by atoms with Gasteiger partial charge in [0.15, 0.2) is 0 Å². The highest BCUT2D eigenvalue weighted by Gasteiger charge is 2.32. The molecule has 0 aliphatic rings. The third kappa shape index (κ3) is 4.52. The van der Waals surface area contributed by atoms with Gasteiger partial charge in [-0.15, -0.1) is 11.3 Å². The zero-order valence-corrected chi connectivity index (χ0v) is 13.1. The molecule has 1 atom stereocenters. The summed E-state index contributed by atoms with van der Waals surface area (Å²) in [4.78, 5) is 24.1. The smallest absolute Gasteiger partial charge is 0.326 e. The van der Waals surface area contributed by atoms with E-state index in [0.29, 0.717) is 6.54 Å². The molecule has 20 heavy (non-hydrogen) atoms. The Balaban J connectivity index is 2.57. The molecule has 0 bridgehead atoms. The van der Waals surface area contributed by atoms with Crippen molar-refractivity contribution >= 4 is 23.3 Å². The lowest BCUT2D eigenvalue weighted by Gasteiger charge is -2.27. The summed E-state index contributed by atoms with van der Waals surface area (Å²) in [7, 11) is 0. The average molecular weight is 298 g/mol. The van der Waals surface area contributed by atoms with E-state index in [1.54, 1.807) is 32.1 Å². The molecular weight excluding hydrogens is 276 g/mol. The lowest BCUT2D eigenvalue weighted by molar-refractivity contribution is -0.141. The second kappa shape index (κ2) is 6.74. The minimum absolute atomic E-state index is 0.420. The van der Waals surface area contributed by atoms with Crippen LogP contribution in [0.15, 0.2) is 11.4 Å². The molecule has 0 aromatic carbocycles. The van der Waals surface area contributed by atoms with Crippen LogP contribution in [0.4, 0.5) is 4.79 Å². The van der Waals surface area contributed by atoms with Crippen LogP contribution in [-0.2, 0) is 17.8 Å². The Morgan fingerprint density at radius 1 is 1.40 bits per heavy atom. The number of carbonyl (C=O) groups excluding carboxylic acids is 1. The largest absolute Gasteiger partial charge is 0.480 e. The van der Waals surface area contributed by atoms with E-state index in [9.17, 15) is 9.59 Å². The van der Waals surface area contributed by atoms with Crippen molar-refractivity contribution in [2.24, 2.45) is 5.41 Å². The lowest BCUT2D eigenvalue weighted by atomic mass is 9.87. The number of aliphatic carboxylic acids is 1. The van der Waals surface area contributed by atoms with E-state index >= 15 is 0 Å². The zero-order chi connectivity index (χ0) is 15.3. The second-order valence-corrected chi connectivity index (χ2v) is 6.69. The number of thiophene rings is 1. The number of rotatable bonds is 5. The van der Waals surface area contributed by atoms with Crippen molar-refractivity contribution in [3.8, 4) is 0 Å². The summed E-state index contributed by atoms with van der Waals surface area (Å²) in [5.74, 6) is -1.03. The fourth-order valence-corrected chi connectivity index (χ4v) is 2.74. The van der Waals surface area contributed by atoms with Crippen LogP contribution < -0.4 is 10.6 Å². The quantitative estimate of drug-likeness (QED) is 0.782. The molecule has 0 saturated carbocycles. The van der Waals surface area contributed by atoms with Gasteiger partial charge in [0.05, 0.1) is 6.54 Å². The van der Waals surface area contributed by atoms with E-state index in [-0.39, 0.29) is 0 Å². The van der Waals surface area contributed by atoms with Gasteiger partial charge in [0, 0.05) is 4.88 Å². The van der Waals surface area contributed by atoms with Gasteiger partial charge in [-0.05, 0) is 28.8 Å². The number of hydrogen-bond donors (Lipinski definition) is 3. The van der Waals surface area contributed by atoms with Crippen LogP contribution in [0.2, 0.25) is 0 Å². The third-order valence-corrected chi connectivity index (χ3v) is 3.98. The Morgan fingerprint density at radius 2 is 2.05 bits per heavy atom. The molecule has 0 unspecified atom stereocenters. The van der Waals surface area contributed by atoms with Gasteiger partial charge < -0.3 is 15.7 Å². The zero-order valence-electron chi connectivity index (χ0n) is 12.3. The van der Waals surface area contributed by atoms with Crippen LogP contribution in [0.25, 0.3) is 0 Å². The molecule has 1 aromatic heterocycles. The van der Waals surface area contributed by atoms with Gasteiger partial charge in [0.2, 0.25) is 0 Å². The van der Waals surface area contributed by atoms with Crippen molar-refractivity contribution in [2.45, 2.75) is 46.7 Å². The van der Waals surface area contributed by atoms with Crippen molar-refractivity contribution in [3.05, 3.63) is 21.9 Å². The summed E-state index contributed by atoms with van der Waals surface area (Å²) in [5.41, 5.74) is 0.668. The minimum Gasteiger partial charge on any atom is -0.480 e. The van der Waals surface area contributed by atoms with E-state index in [1.165, 1.54) is 5.56 Å². The van der Waals surface area contributed by atoms with Crippen molar-refractivity contribution < 1.29 is 14.7 Å². The predicted octanol–water partition coefficient (Wildman–Crippen LogP) is 2.61. The Hall–Kier alpha value is -1.56. The Labute approximate surface area is 123 Å². The van der Waals surface area contributed by atoms with E-state index in [4.69, 9.17) is 5.11 Å². The van der Waals surface area contributed by atoms with Crippen LogP contribution in [0.5, 0.6) is 0 Å². The van der Waals surface area contributed by atoms with Crippen LogP contribution in [0, 0.1) is 5.41 Å². The number of carboxylic acids is 1. The average Bonchev–Trinajstić information content (AvgIpc) is 2.78. The summed E-state index contributed by atoms with van der Waals surface area (Å²) in [6.07, 6.45) is 0.919. The molecule has 0 aliphatic heterocycles. The normalized spacial score (nSPS) is 12.8. The van der Waals surface area contributed by atoms with E-state index in [1.807, 2.05) is 11.4 Å². The summed E-state index contributed by atoms with van der Waals surface area (Å²) in [6, 6.07) is 0.661. The molecular formula is C14H22N2O3S. The van der Waals surface area contributed by atoms with E-state index in [2.05, 4.69) is 17.6 Å². The van der Waals surface area contributed by atoms with Gasteiger partial charge in [-0.2, -0.15) is 0 Å². The minimum atomic E-state index is -1.03. The fourth-order valence-electron chi connectivity index (χ4n) is 1.83. The summed E-state index contributed by atoms with van der Waals surface area (Å²) < 4.78 is 0. The molecule has 112 valence electrons. The second-order valence-electron chi connectivity index (χ2n) is 5.69. The van der Waals surface area contributed by atoms with E-state index in [0.717, 1.165) is 11.3 Å². The molecule has 3 N–H and O–H groups in total. The Kier molecular flexibility index (Phi) is 5.56. The summed E-state index contributed by atoms with van der Waals surface area (Å²) >= 11 is 1.59. The summed E-state index contributed by atoms with van der Waals surface area (Å²) in [6.45, 7) is 7.82. The number of hydrogen-bond acceptors (Lipinski definition) is 3. The maximum absolute atomic E-state index is 11.8. The van der Waals surface area contributed by atoms with Crippen LogP contribution in [-0.4, -0.2) is 23.1 Å². The molecule has 6 heteroatoms. The highest BCUT2D eigenvalue weighted by atomic mass is 32.1. The molecule has 5 nitrogen and oxygen atoms in total. The van der Waals surface area contributed by atoms with Gasteiger partial charge in [-0.3, -0.25) is 0 Å². The maximum atomic E-state index is 11.8. The summed E-state index contributed by atoms with van der Waals surface area (Å²) in [5, 5.41) is 16.4. The van der Waals surface area contributed by atoms with Crippen molar-refractivity contribution in [1.82, 2.24) is 10.6 Å². The van der Waals surface area contributed by atoms with Gasteiger partial charge in [-0.25, -0.2) is 9.59 Å². The van der Waals surface area contributed by atoms with Crippen LogP contribution >= 0.6 is 11.3 Å². The first-order valence-corrected chi connectivity index (χ1v) is 7.46. The molecule has 1 aromatic rings. The number of nitrogens with one attached hydrogen (secondary N) is 2. The molecule has 0 radical (unpaired) electrons. The van der Waals surface area contributed by atoms with Crippen molar-refractivity contribution in [3.63, 3.8) is 0 Å². The number of carboxylic acid groups (broad SMARTS) is 1. The van der Waals surface area contributed by atoms with Crippen molar-refractivity contribution in [1.29, 1.82) is 0 Å². The van der Waals surface area contributed by atoms with Gasteiger partial charge in [0.1, 0.15) is 6.04 Å². The molecule has 1 rings (SSSR count). The Bertz CT molecular complexity index is 477. The standard InChI is InChI=1S/C14H22N2O3S/c1-5-9-6-7-20-10(9)8-15-13(19)16-11(12(17)18)14(2,3)4/h6-7,11H,5,8H2,1-4H3,(H,17,18)(H2,15,16,19)/t11-/m1/s1. The molecule has 0 aliphatic carbocycles. The maximum Gasteiger partial charge on any atom is 0.326 e. The molecule has 1 heterocycles. The monoisotopic (exact) mass is 298 g/mol. The number of aryl methyl sites for hydroxylation is 1. The molecule has 0 fully saturated rings. The highest BCUT2D eigenvalue weighted by Crippen LogP contribution is 2.19. The first kappa shape index (κ1) is 16.5. The van der Waals surface area contributed by atoms with Gasteiger partial charge >= 0.3 is 12.0 Å². The van der Waals surface area contributed by atoms with Gasteiger partial charge in [-0.1, -0.05) is 27.7 Å². The Morgan fingerprint density at radius 3 is 2.55 bits per heavy atom. The number of carbonyl (C=O) groups is 2. The fraction of sp³-hybridized carbons (Fsp3) is 0.571. The topological polar surface area (TPSA) is 78.4 Å². The predicted molar refractivity (Wildman–Crippen MR) is 79.9 cm³/mol. The SMILES string of the molecule is CCc1ccsc1CNC(=O)N[C@H](C(=O)O)C(C)(C)C. The van der Waals surface area contributed by atoms with E-state index < -0.39 is 23.5 Å².